The first-order valence-electron chi connectivity index (χ1n) is 10.7. The molecule has 1 N–H and O–H groups in total. The van der Waals surface area contributed by atoms with Gasteiger partial charge in [-0.25, -0.2) is 4.98 Å². The van der Waals surface area contributed by atoms with Gasteiger partial charge in [-0.1, -0.05) is 0 Å². The van der Waals surface area contributed by atoms with Crippen LogP contribution in [0.3, 0.4) is 0 Å². The topological polar surface area (TPSA) is 69.3 Å². The molecule has 6 aliphatic rings. The Balaban J connectivity index is 1.09. The lowest BCUT2D eigenvalue weighted by Gasteiger charge is -2.48. The van der Waals surface area contributed by atoms with Gasteiger partial charge in [-0.05, 0) is 67.1 Å². The fourth-order valence-electron chi connectivity index (χ4n) is 8.87. The molecule has 7 rings (SSSR count). The van der Waals surface area contributed by atoms with Crippen LogP contribution in [0.5, 0.6) is 0 Å². The maximum atomic E-state index is 13.5. The first-order chi connectivity index (χ1) is 13.1. The summed E-state index contributed by atoms with van der Waals surface area (Å²) in [6, 6.07) is 1.52. The Morgan fingerprint density at radius 1 is 1.00 bits per heavy atom. The fraction of sp³-hybridized carbons (Fsp3) is 0.762. The van der Waals surface area contributed by atoms with Gasteiger partial charge in [0.15, 0.2) is 0 Å². The molecule has 142 valence electrons. The summed E-state index contributed by atoms with van der Waals surface area (Å²) in [5.74, 6) is 8.50. The molecule has 1 saturated heterocycles. The van der Waals surface area contributed by atoms with Crippen LogP contribution in [0.15, 0.2) is 10.9 Å². The number of nitrogens with zero attached hydrogens (tertiary/aromatic N) is 3. The first-order valence-corrected chi connectivity index (χ1v) is 10.7. The number of amides is 1. The van der Waals surface area contributed by atoms with Gasteiger partial charge in [-0.3, -0.25) is 14.6 Å². The summed E-state index contributed by atoms with van der Waals surface area (Å²) in [5, 5.41) is 0. The van der Waals surface area contributed by atoms with E-state index in [1.165, 1.54) is 18.9 Å². The highest BCUT2D eigenvalue weighted by atomic mass is 16.2. The second-order valence-electron chi connectivity index (χ2n) is 9.98. The summed E-state index contributed by atoms with van der Waals surface area (Å²) < 4.78 is 0. The lowest BCUT2D eigenvalue weighted by atomic mass is 9.57. The van der Waals surface area contributed by atoms with Crippen molar-refractivity contribution in [1.82, 2.24) is 14.9 Å². The second kappa shape index (κ2) is 4.76. The number of carbonyl (C=O) groups is 1. The number of aromatic amines is 1. The highest BCUT2D eigenvalue weighted by molar-refractivity contribution is 5.81. The van der Waals surface area contributed by atoms with Crippen LogP contribution in [0.2, 0.25) is 0 Å². The predicted octanol–water partition coefficient (Wildman–Crippen LogP) is 1.12. The van der Waals surface area contributed by atoms with Gasteiger partial charge >= 0.3 is 0 Å². The van der Waals surface area contributed by atoms with E-state index in [0.717, 1.165) is 79.2 Å². The molecule has 1 aromatic rings. The van der Waals surface area contributed by atoms with E-state index in [4.69, 9.17) is 0 Å². The fourth-order valence-corrected chi connectivity index (χ4v) is 8.87. The maximum Gasteiger partial charge on any atom is 0.252 e. The van der Waals surface area contributed by atoms with Crippen molar-refractivity contribution >= 4 is 11.9 Å². The third-order valence-corrected chi connectivity index (χ3v) is 9.36. The second-order valence-corrected chi connectivity index (χ2v) is 9.98. The molecule has 6 fully saturated rings. The molecule has 1 amide bonds. The van der Waals surface area contributed by atoms with Crippen LogP contribution in [-0.2, 0) is 4.79 Å². The molecule has 0 aromatic carbocycles. The van der Waals surface area contributed by atoms with E-state index >= 15 is 0 Å². The highest BCUT2D eigenvalue weighted by Gasteiger charge is 2.81. The summed E-state index contributed by atoms with van der Waals surface area (Å²) in [5.41, 5.74) is 0.634. The van der Waals surface area contributed by atoms with Crippen LogP contribution < -0.4 is 10.5 Å². The number of fused-ring (bicyclic) bond motifs is 2. The zero-order valence-corrected chi connectivity index (χ0v) is 15.7. The number of aryl methyl sites for hydroxylation is 1. The van der Waals surface area contributed by atoms with E-state index in [-0.39, 0.29) is 5.56 Å². The van der Waals surface area contributed by atoms with Crippen molar-refractivity contribution in [3.05, 3.63) is 22.1 Å². The van der Waals surface area contributed by atoms with Crippen molar-refractivity contribution in [2.45, 2.75) is 19.8 Å². The minimum Gasteiger partial charge on any atom is -0.339 e. The quantitative estimate of drug-likeness (QED) is 0.852. The summed E-state index contributed by atoms with van der Waals surface area (Å²) in [6.07, 6.45) is 2.89. The van der Waals surface area contributed by atoms with Crippen LogP contribution in [-0.4, -0.2) is 47.0 Å². The van der Waals surface area contributed by atoms with Crippen molar-refractivity contribution in [2.24, 2.45) is 53.3 Å². The van der Waals surface area contributed by atoms with Gasteiger partial charge in [-0.15, -0.1) is 0 Å². The van der Waals surface area contributed by atoms with Gasteiger partial charge in [0.2, 0.25) is 11.9 Å². The molecule has 1 aliphatic heterocycles. The number of aromatic nitrogens is 2. The predicted molar refractivity (Wildman–Crippen MR) is 99.0 cm³/mol. The van der Waals surface area contributed by atoms with Gasteiger partial charge < -0.3 is 9.80 Å². The zero-order valence-electron chi connectivity index (χ0n) is 15.7. The molecule has 2 bridgehead atoms. The monoisotopic (exact) mass is 366 g/mol. The largest absolute Gasteiger partial charge is 0.339 e. The summed E-state index contributed by atoms with van der Waals surface area (Å²) in [6.45, 7) is 4.86. The highest BCUT2D eigenvalue weighted by Crippen LogP contribution is 2.84. The van der Waals surface area contributed by atoms with E-state index in [1.807, 2.05) is 6.92 Å². The molecular formula is C21H26N4O2. The van der Waals surface area contributed by atoms with Gasteiger partial charge in [-0.2, -0.15) is 0 Å². The summed E-state index contributed by atoms with van der Waals surface area (Å²) >= 11 is 0. The Morgan fingerprint density at radius 2 is 1.70 bits per heavy atom. The lowest BCUT2D eigenvalue weighted by Crippen LogP contribution is -2.54. The van der Waals surface area contributed by atoms with Gasteiger partial charge in [0.1, 0.15) is 0 Å². The van der Waals surface area contributed by atoms with Gasteiger partial charge in [0.05, 0.1) is 0 Å². The molecule has 9 unspecified atom stereocenters. The standard InChI is InChI=1S/C21H26N4O2/c1-9-6-14(26)23-21(22-9)25-4-2-24(3-5-25)20(27)19-16-11-8-12-15-10(11)7-13(16)17(15)18(12)19/h6,10-13,15-19H,2-5,7-8H2,1H3,(H,22,23,26). The number of carbonyl (C=O) groups excluding carboxylic acids is 1. The third kappa shape index (κ3) is 1.67. The number of H-pyrrole nitrogens is 1. The van der Waals surface area contributed by atoms with Crippen LogP contribution >= 0.6 is 0 Å². The lowest BCUT2D eigenvalue weighted by molar-refractivity contribution is -0.144. The molecule has 6 heteroatoms. The van der Waals surface area contributed by atoms with Crippen LogP contribution in [0.4, 0.5) is 5.95 Å². The number of hydrogen-bond donors (Lipinski definition) is 1. The number of piperazine rings is 1. The first kappa shape index (κ1) is 15.1. The molecule has 1 aromatic heterocycles. The minimum absolute atomic E-state index is 0.105. The third-order valence-electron chi connectivity index (χ3n) is 9.36. The number of nitrogens with one attached hydrogen (secondary N) is 1. The average molecular weight is 366 g/mol. The molecular weight excluding hydrogens is 340 g/mol. The van der Waals surface area contributed by atoms with Crippen molar-refractivity contribution in [3.8, 4) is 0 Å². The SMILES string of the molecule is Cc1cc(=O)[nH]c(N2CCN(C(=O)C3C4C5CC6C7C5CC4C7C63)CC2)n1. The van der Waals surface area contributed by atoms with E-state index in [1.54, 1.807) is 0 Å². The molecule has 5 saturated carbocycles. The van der Waals surface area contributed by atoms with Crippen molar-refractivity contribution in [3.63, 3.8) is 0 Å². The van der Waals surface area contributed by atoms with Crippen LogP contribution in [0, 0.1) is 60.2 Å². The van der Waals surface area contributed by atoms with Gasteiger partial charge in [0, 0.05) is 43.9 Å². The molecule has 2 heterocycles. The maximum absolute atomic E-state index is 13.5. The number of hydrogen-bond acceptors (Lipinski definition) is 4. The summed E-state index contributed by atoms with van der Waals surface area (Å²) in [4.78, 5) is 36.8. The number of anilines is 1. The van der Waals surface area contributed by atoms with Crippen LogP contribution in [0.1, 0.15) is 18.5 Å². The average Bonchev–Trinajstić information content (AvgIpc) is 3.20. The Hall–Kier alpha value is -1.85. The molecule has 6 nitrogen and oxygen atoms in total. The smallest absolute Gasteiger partial charge is 0.252 e. The van der Waals surface area contributed by atoms with Crippen molar-refractivity contribution in [1.29, 1.82) is 0 Å². The molecule has 9 atom stereocenters. The Morgan fingerprint density at radius 3 is 2.44 bits per heavy atom. The molecule has 27 heavy (non-hydrogen) atoms. The number of rotatable bonds is 2. The van der Waals surface area contributed by atoms with E-state index < -0.39 is 0 Å². The zero-order chi connectivity index (χ0) is 18.0. The minimum atomic E-state index is -0.105. The van der Waals surface area contributed by atoms with Crippen molar-refractivity contribution < 1.29 is 4.79 Å². The molecule has 5 aliphatic carbocycles. The Bertz CT molecular complexity index is 898. The molecule has 0 spiro atoms. The normalized spacial score (nSPS) is 47.8. The van der Waals surface area contributed by atoms with Crippen molar-refractivity contribution in [2.75, 3.05) is 31.1 Å². The van der Waals surface area contributed by atoms with E-state index in [0.29, 0.717) is 17.8 Å². The van der Waals surface area contributed by atoms with E-state index in [2.05, 4.69) is 19.8 Å². The Kier molecular flexibility index (Phi) is 2.66. The van der Waals surface area contributed by atoms with E-state index in [9.17, 15) is 9.59 Å². The van der Waals surface area contributed by atoms with Gasteiger partial charge in [0.25, 0.3) is 5.56 Å². The summed E-state index contributed by atoms with van der Waals surface area (Å²) in [7, 11) is 0. The Labute approximate surface area is 158 Å². The molecule has 0 radical (unpaired) electrons. The van der Waals surface area contributed by atoms with Crippen LogP contribution in [0.25, 0.3) is 0 Å².